The van der Waals surface area contributed by atoms with Crippen molar-refractivity contribution in [3.63, 3.8) is 0 Å². The van der Waals surface area contributed by atoms with Crippen LogP contribution in [0, 0.1) is 0 Å². The Labute approximate surface area is 341 Å². The van der Waals surface area contributed by atoms with Crippen LogP contribution in [0.5, 0.6) is 0 Å². The molecule has 0 aliphatic rings. The van der Waals surface area contributed by atoms with Gasteiger partial charge < -0.3 is 20.3 Å². The standard InChI is InChI=1S/C49H91NO5/c1-3-5-7-9-11-13-14-15-20-23-27-31-35-39-43-49(54)55-44-40-36-32-28-24-21-18-16-17-19-22-26-30-34-38-42-48(53)50-46(45-51)47(52)41-37-33-29-25-12-10-8-6-4-2/h9,11,14-15,18,21,46-47,51-52H,3-8,10,12-13,16-17,19-20,22-45H2,1-2H3,(H,50,53)/b11-9-,15-14-,21-18-. The highest BCUT2D eigenvalue weighted by Crippen LogP contribution is 2.14. The summed E-state index contributed by atoms with van der Waals surface area (Å²) in [6.45, 7) is 4.83. The first-order chi connectivity index (χ1) is 27.0. The average Bonchev–Trinajstić information content (AvgIpc) is 3.18. The van der Waals surface area contributed by atoms with Crippen LogP contribution in [0.2, 0.25) is 0 Å². The van der Waals surface area contributed by atoms with Crippen LogP contribution in [0.4, 0.5) is 0 Å². The van der Waals surface area contributed by atoms with Gasteiger partial charge in [-0.2, -0.15) is 0 Å². The highest BCUT2D eigenvalue weighted by molar-refractivity contribution is 5.76. The number of hydrogen-bond acceptors (Lipinski definition) is 5. The van der Waals surface area contributed by atoms with Crippen LogP contribution in [0.3, 0.4) is 0 Å². The smallest absolute Gasteiger partial charge is 0.305 e. The molecule has 0 aromatic carbocycles. The average molecular weight is 774 g/mol. The first-order valence-corrected chi connectivity index (χ1v) is 23.7. The lowest BCUT2D eigenvalue weighted by atomic mass is 10.0. The van der Waals surface area contributed by atoms with Crippen LogP contribution < -0.4 is 5.32 Å². The van der Waals surface area contributed by atoms with E-state index in [1.165, 1.54) is 122 Å². The van der Waals surface area contributed by atoms with Gasteiger partial charge in [-0.05, 0) is 77.0 Å². The van der Waals surface area contributed by atoms with Gasteiger partial charge in [0.05, 0.1) is 25.4 Å². The molecule has 0 aromatic rings. The molecule has 3 N–H and O–H groups in total. The summed E-state index contributed by atoms with van der Waals surface area (Å²) in [5.74, 6) is -0.0807. The predicted octanol–water partition coefficient (Wildman–Crippen LogP) is 13.7. The van der Waals surface area contributed by atoms with E-state index in [1.54, 1.807) is 0 Å². The zero-order chi connectivity index (χ0) is 40.1. The van der Waals surface area contributed by atoms with E-state index in [9.17, 15) is 19.8 Å². The molecular formula is C49H91NO5. The third kappa shape index (κ3) is 41.5. The molecule has 0 bridgehead atoms. The highest BCUT2D eigenvalue weighted by Gasteiger charge is 2.20. The number of unbranched alkanes of at least 4 members (excludes halogenated alkanes) is 26. The van der Waals surface area contributed by atoms with Crippen molar-refractivity contribution in [3.8, 4) is 0 Å². The molecule has 0 spiro atoms. The number of aliphatic hydroxyl groups excluding tert-OH is 2. The summed E-state index contributed by atoms with van der Waals surface area (Å²) in [4.78, 5) is 24.4. The zero-order valence-corrected chi connectivity index (χ0v) is 36.4. The maximum absolute atomic E-state index is 12.4. The number of aliphatic hydroxyl groups is 2. The Morgan fingerprint density at radius 3 is 1.45 bits per heavy atom. The lowest BCUT2D eigenvalue weighted by Gasteiger charge is -2.22. The third-order valence-corrected chi connectivity index (χ3v) is 10.7. The van der Waals surface area contributed by atoms with Gasteiger partial charge in [0.25, 0.3) is 0 Å². The summed E-state index contributed by atoms with van der Waals surface area (Å²) in [7, 11) is 0. The van der Waals surface area contributed by atoms with Gasteiger partial charge in [0.1, 0.15) is 0 Å². The van der Waals surface area contributed by atoms with Crippen LogP contribution in [-0.2, 0) is 14.3 Å². The minimum absolute atomic E-state index is 0.0258. The number of carbonyl (C=O) groups is 2. The van der Waals surface area contributed by atoms with Gasteiger partial charge in [-0.1, -0.05) is 185 Å². The number of nitrogens with one attached hydrogen (secondary N) is 1. The summed E-state index contributed by atoms with van der Waals surface area (Å²) >= 11 is 0. The monoisotopic (exact) mass is 774 g/mol. The Kier molecular flexibility index (Phi) is 43.2. The number of carbonyl (C=O) groups excluding carboxylic acids is 2. The van der Waals surface area contributed by atoms with Crippen LogP contribution in [0.1, 0.15) is 239 Å². The third-order valence-electron chi connectivity index (χ3n) is 10.7. The van der Waals surface area contributed by atoms with Gasteiger partial charge in [-0.15, -0.1) is 0 Å². The minimum atomic E-state index is -0.672. The highest BCUT2D eigenvalue weighted by atomic mass is 16.5. The van der Waals surface area contributed by atoms with Gasteiger partial charge >= 0.3 is 5.97 Å². The molecule has 0 fully saturated rings. The first-order valence-electron chi connectivity index (χ1n) is 23.7. The lowest BCUT2D eigenvalue weighted by Crippen LogP contribution is -2.45. The first kappa shape index (κ1) is 53.1. The summed E-state index contributed by atoms with van der Waals surface area (Å²) in [6, 6.07) is -0.551. The summed E-state index contributed by atoms with van der Waals surface area (Å²) in [5, 5.41) is 23.0. The number of allylic oxidation sites excluding steroid dienone is 6. The van der Waals surface area contributed by atoms with Gasteiger partial charge in [0.2, 0.25) is 5.91 Å². The zero-order valence-electron chi connectivity index (χ0n) is 36.4. The molecule has 2 unspecified atom stereocenters. The van der Waals surface area contributed by atoms with Crippen LogP contribution in [0.25, 0.3) is 0 Å². The van der Waals surface area contributed by atoms with Crippen molar-refractivity contribution in [3.05, 3.63) is 36.5 Å². The molecule has 0 aliphatic heterocycles. The molecule has 0 saturated heterocycles. The maximum atomic E-state index is 12.4. The Balaban J connectivity index is 3.48. The Morgan fingerprint density at radius 2 is 0.927 bits per heavy atom. The summed E-state index contributed by atoms with van der Waals surface area (Å²) in [5.41, 5.74) is 0. The van der Waals surface area contributed by atoms with E-state index < -0.39 is 12.1 Å². The van der Waals surface area contributed by atoms with Crippen LogP contribution in [-0.4, -0.2) is 47.4 Å². The lowest BCUT2D eigenvalue weighted by molar-refractivity contribution is -0.143. The fraction of sp³-hybridized carbons (Fsp3) is 0.837. The number of esters is 1. The second-order valence-corrected chi connectivity index (χ2v) is 16.1. The van der Waals surface area contributed by atoms with E-state index in [0.717, 1.165) is 83.5 Å². The van der Waals surface area contributed by atoms with Crippen molar-refractivity contribution in [2.24, 2.45) is 0 Å². The predicted molar refractivity (Wildman–Crippen MR) is 236 cm³/mol. The van der Waals surface area contributed by atoms with Crippen molar-refractivity contribution in [1.82, 2.24) is 5.32 Å². The van der Waals surface area contributed by atoms with Gasteiger partial charge in [-0.3, -0.25) is 9.59 Å². The quantitative estimate of drug-likeness (QED) is 0.0326. The number of amides is 1. The van der Waals surface area contributed by atoms with Crippen LogP contribution in [0.15, 0.2) is 36.5 Å². The van der Waals surface area contributed by atoms with Gasteiger partial charge in [0.15, 0.2) is 0 Å². The molecule has 1 amide bonds. The molecule has 6 nitrogen and oxygen atoms in total. The molecule has 0 saturated carbocycles. The number of rotatable bonds is 43. The Hall–Kier alpha value is -1.92. The molecule has 2 atom stereocenters. The summed E-state index contributed by atoms with van der Waals surface area (Å²) in [6.07, 6.45) is 52.5. The maximum Gasteiger partial charge on any atom is 0.305 e. The molecular weight excluding hydrogens is 683 g/mol. The normalized spacial score (nSPS) is 13.0. The molecule has 0 radical (unpaired) electrons. The van der Waals surface area contributed by atoms with Crippen molar-refractivity contribution in [2.45, 2.75) is 251 Å². The SMILES string of the molecule is CCCC/C=C\C/C=C\CCCCCCCC(=O)OCCCCCC/C=C\CCCCCCCCCC(=O)NC(CO)C(O)CCCCCCCCCCC. The summed E-state index contributed by atoms with van der Waals surface area (Å²) < 4.78 is 5.43. The second kappa shape index (κ2) is 44.8. The molecule has 55 heavy (non-hydrogen) atoms. The molecule has 322 valence electrons. The molecule has 6 heteroatoms. The van der Waals surface area contributed by atoms with Crippen LogP contribution >= 0.6 is 0 Å². The van der Waals surface area contributed by atoms with Gasteiger partial charge in [-0.25, -0.2) is 0 Å². The fourth-order valence-electron chi connectivity index (χ4n) is 6.94. The fourth-order valence-corrected chi connectivity index (χ4v) is 6.94. The van der Waals surface area contributed by atoms with Crippen molar-refractivity contribution >= 4 is 11.9 Å². The second-order valence-electron chi connectivity index (χ2n) is 16.1. The van der Waals surface area contributed by atoms with E-state index in [-0.39, 0.29) is 18.5 Å². The molecule has 0 aromatic heterocycles. The van der Waals surface area contributed by atoms with E-state index in [2.05, 4.69) is 55.6 Å². The van der Waals surface area contributed by atoms with E-state index in [1.807, 2.05) is 0 Å². The van der Waals surface area contributed by atoms with Crippen molar-refractivity contribution in [2.75, 3.05) is 13.2 Å². The Bertz CT molecular complexity index is 900. The molecule has 0 aliphatic carbocycles. The van der Waals surface area contributed by atoms with Gasteiger partial charge in [0, 0.05) is 12.8 Å². The number of hydrogen-bond donors (Lipinski definition) is 3. The Morgan fingerprint density at radius 1 is 0.509 bits per heavy atom. The van der Waals surface area contributed by atoms with Crippen molar-refractivity contribution < 1.29 is 24.5 Å². The largest absolute Gasteiger partial charge is 0.466 e. The minimum Gasteiger partial charge on any atom is -0.466 e. The van der Waals surface area contributed by atoms with E-state index >= 15 is 0 Å². The van der Waals surface area contributed by atoms with Crippen molar-refractivity contribution in [1.29, 1.82) is 0 Å². The topological polar surface area (TPSA) is 95.9 Å². The van der Waals surface area contributed by atoms with E-state index in [4.69, 9.17) is 4.74 Å². The number of ether oxygens (including phenoxy) is 1. The van der Waals surface area contributed by atoms with E-state index in [0.29, 0.717) is 25.9 Å². The molecule has 0 rings (SSSR count). The molecule has 0 heterocycles.